The van der Waals surface area contributed by atoms with E-state index < -0.39 is 26.9 Å². The van der Waals surface area contributed by atoms with Gasteiger partial charge in [0.2, 0.25) is 15.9 Å². The molecule has 1 atom stereocenters. The van der Waals surface area contributed by atoms with Gasteiger partial charge in [0, 0.05) is 25.2 Å². The number of amides is 1. The van der Waals surface area contributed by atoms with Crippen LogP contribution in [0.4, 0.5) is 11.4 Å². The Kier molecular flexibility index (Phi) is 8.85. The van der Waals surface area contributed by atoms with E-state index in [2.05, 4.69) is 22.3 Å². The number of likely N-dealkylation sites (tertiary alicyclic amines) is 1. The first-order valence-corrected chi connectivity index (χ1v) is 13.8. The Hall–Kier alpha value is -2.98. The second-order valence-electron chi connectivity index (χ2n) is 9.09. The normalized spacial score (nSPS) is 15.4. The summed E-state index contributed by atoms with van der Waals surface area (Å²) in [6.07, 6.45) is 4.92. The molecule has 1 N–H and O–H groups in total. The van der Waals surface area contributed by atoms with E-state index >= 15 is 0 Å². The predicted molar refractivity (Wildman–Crippen MR) is 137 cm³/mol. The Balaban J connectivity index is 1.77. The first-order valence-electron chi connectivity index (χ1n) is 11.9. The van der Waals surface area contributed by atoms with E-state index in [0.717, 1.165) is 35.8 Å². The number of nitrogens with zero attached hydrogens (tertiary/aromatic N) is 3. The highest BCUT2D eigenvalue weighted by molar-refractivity contribution is 7.92. The monoisotopic (exact) mass is 502 g/mol. The number of benzene rings is 2. The summed E-state index contributed by atoms with van der Waals surface area (Å²) in [6, 6.07) is 11.0. The van der Waals surface area contributed by atoms with Gasteiger partial charge < -0.3 is 5.32 Å². The fraction of sp³-hybridized carbons (Fsp3) is 0.480. The maximum Gasteiger partial charge on any atom is 0.271 e. The number of anilines is 1. The predicted octanol–water partition coefficient (Wildman–Crippen LogP) is 3.75. The molecule has 0 spiro atoms. The zero-order chi connectivity index (χ0) is 25.6. The van der Waals surface area contributed by atoms with Crippen LogP contribution in [0, 0.1) is 17.0 Å². The van der Waals surface area contributed by atoms with Crippen LogP contribution in [0.15, 0.2) is 42.5 Å². The van der Waals surface area contributed by atoms with Crippen molar-refractivity contribution < 1.29 is 18.1 Å². The van der Waals surface area contributed by atoms with Gasteiger partial charge in [-0.25, -0.2) is 8.42 Å². The molecule has 2 aromatic rings. The lowest BCUT2D eigenvalue weighted by Crippen LogP contribution is -2.49. The molecule has 0 bridgehead atoms. The lowest BCUT2D eigenvalue weighted by Gasteiger charge is -2.31. The SMILES string of the molecule is CCC(C(=O)NCc1cccc(CN2CCCCC2)c1)N(c1cc([N+](=O)[O-])ccc1C)S(C)(=O)=O. The molecule has 1 heterocycles. The highest BCUT2D eigenvalue weighted by atomic mass is 32.2. The van der Waals surface area contributed by atoms with Gasteiger partial charge in [-0.1, -0.05) is 43.7 Å². The number of piperidine rings is 1. The van der Waals surface area contributed by atoms with Crippen LogP contribution in [0.1, 0.15) is 49.3 Å². The summed E-state index contributed by atoms with van der Waals surface area (Å²) >= 11 is 0. The summed E-state index contributed by atoms with van der Waals surface area (Å²) in [5.74, 6) is -0.453. The molecule has 1 amide bonds. The fourth-order valence-electron chi connectivity index (χ4n) is 4.50. The zero-order valence-electron chi connectivity index (χ0n) is 20.6. The number of carbonyl (C=O) groups excluding carboxylic acids is 1. The van der Waals surface area contributed by atoms with Crippen molar-refractivity contribution in [1.82, 2.24) is 10.2 Å². The summed E-state index contributed by atoms with van der Waals surface area (Å²) < 4.78 is 26.5. The number of sulfonamides is 1. The average Bonchev–Trinajstić information content (AvgIpc) is 2.81. The van der Waals surface area contributed by atoms with Crippen molar-refractivity contribution in [2.75, 3.05) is 23.7 Å². The number of nitro groups is 1. The molecule has 0 aliphatic carbocycles. The van der Waals surface area contributed by atoms with Crippen LogP contribution in [0.5, 0.6) is 0 Å². The molecule has 190 valence electrons. The third-order valence-corrected chi connectivity index (χ3v) is 7.45. The van der Waals surface area contributed by atoms with Crippen molar-refractivity contribution in [2.24, 2.45) is 0 Å². The standard InChI is InChI=1S/C25H34N4O5S/c1-4-23(28(35(3,33)34)24-16-22(29(31)32)12-11-19(24)2)25(30)26-17-20-9-8-10-21(15-20)18-27-13-6-5-7-14-27/h8-12,15-16,23H,4-7,13-14,17-18H2,1-3H3,(H,26,30). The zero-order valence-corrected chi connectivity index (χ0v) is 21.4. The van der Waals surface area contributed by atoms with Gasteiger partial charge in [-0.2, -0.15) is 0 Å². The number of aryl methyl sites for hydroxylation is 1. The van der Waals surface area contributed by atoms with E-state index in [1.54, 1.807) is 13.8 Å². The Bertz CT molecular complexity index is 1160. The average molecular weight is 503 g/mol. The van der Waals surface area contributed by atoms with Crippen molar-refractivity contribution in [3.8, 4) is 0 Å². The van der Waals surface area contributed by atoms with Gasteiger partial charge in [0.25, 0.3) is 5.69 Å². The molecule has 1 aliphatic heterocycles. The first-order chi connectivity index (χ1) is 16.6. The van der Waals surface area contributed by atoms with E-state index in [0.29, 0.717) is 5.56 Å². The second kappa shape index (κ2) is 11.6. The Morgan fingerprint density at radius 3 is 2.46 bits per heavy atom. The topological polar surface area (TPSA) is 113 Å². The van der Waals surface area contributed by atoms with Crippen LogP contribution in [-0.2, 0) is 27.9 Å². The highest BCUT2D eigenvalue weighted by Crippen LogP contribution is 2.30. The summed E-state index contributed by atoms with van der Waals surface area (Å²) in [6.45, 7) is 6.70. The molecule has 1 aliphatic rings. The molecule has 9 nitrogen and oxygen atoms in total. The Morgan fingerprint density at radius 2 is 1.83 bits per heavy atom. The second-order valence-corrected chi connectivity index (χ2v) is 10.9. The molecular formula is C25H34N4O5S. The molecule has 0 radical (unpaired) electrons. The van der Waals surface area contributed by atoms with Crippen molar-refractivity contribution in [2.45, 2.75) is 58.7 Å². The van der Waals surface area contributed by atoms with E-state index in [1.165, 1.54) is 43.0 Å². The summed E-state index contributed by atoms with van der Waals surface area (Å²) in [4.78, 5) is 26.3. The highest BCUT2D eigenvalue weighted by Gasteiger charge is 2.33. The molecule has 0 saturated carbocycles. The van der Waals surface area contributed by atoms with Gasteiger partial charge in [-0.3, -0.25) is 24.1 Å². The number of hydrogen-bond donors (Lipinski definition) is 1. The van der Waals surface area contributed by atoms with Gasteiger partial charge in [0.05, 0.1) is 16.9 Å². The number of non-ortho nitro benzene ring substituents is 1. The van der Waals surface area contributed by atoms with E-state index in [9.17, 15) is 23.3 Å². The molecule has 10 heteroatoms. The van der Waals surface area contributed by atoms with Crippen LogP contribution >= 0.6 is 0 Å². The van der Waals surface area contributed by atoms with Crippen LogP contribution in [0.2, 0.25) is 0 Å². The van der Waals surface area contributed by atoms with Crippen molar-refractivity contribution in [3.05, 3.63) is 69.3 Å². The van der Waals surface area contributed by atoms with Crippen LogP contribution in [0.25, 0.3) is 0 Å². The fourth-order valence-corrected chi connectivity index (χ4v) is 5.77. The van der Waals surface area contributed by atoms with Gasteiger partial charge in [0.1, 0.15) is 6.04 Å². The van der Waals surface area contributed by atoms with Gasteiger partial charge in [0.15, 0.2) is 0 Å². The quantitative estimate of drug-likeness (QED) is 0.391. The van der Waals surface area contributed by atoms with Crippen LogP contribution in [-0.4, -0.2) is 49.5 Å². The van der Waals surface area contributed by atoms with E-state index in [1.807, 2.05) is 12.1 Å². The number of nitro benzene ring substituents is 1. The molecule has 1 fully saturated rings. The number of hydrogen-bond acceptors (Lipinski definition) is 6. The van der Waals surface area contributed by atoms with Crippen molar-refractivity contribution in [3.63, 3.8) is 0 Å². The van der Waals surface area contributed by atoms with E-state index in [-0.39, 0.29) is 24.3 Å². The largest absolute Gasteiger partial charge is 0.350 e. The summed E-state index contributed by atoms with van der Waals surface area (Å²) in [5, 5.41) is 14.1. The Labute approximate surface area is 207 Å². The van der Waals surface area contributed by atoms with Crippen LogP contribution < -0.4 is 9.62 Å². The smallest absolute Gasteiger partial charge is 0.271 e. The maximum absolute atomic E-state index is 13.2. The maximum atomic E-state index is 13.2. The number of nitrogens with one attached hydrogen (secondary N) is 1. The third-order valence-electron chi connectivity index (χ3n) is 6.28. The molecule has 1 unspecified atom stereocenters. The number of carbonyl (C=O) groups is 1. The van der Waals surface area contributed by atoms with Crippen molar-refractivity contribution >= 4 is 27.3 Å². The lowest BCUT2D eigenvalue weighted by atomic mass is 10.1. The minimum absolute atomic E-state index is 0.132. The Morgan fingerprint density at radius 1 is 1.14 bits per heavy atom. The molecular weight excluding hydrogens is 468 g/mol. The van der Waals surface area contributed by atoms with Gasteiger partial charge >= 0.3 is 0 Å². The van der Waals surface area contributed by atoms with Gasteiger partial charge in [-0.05, 0) is 56.0 Å². The van der Waals surface area contributed by atoms with Crippen molar-refractivity contribution in [1.29, 1.82) is 0 Å². The third kappa shape index (κ3) is 7.02. The number of rotatable bonds is 10. The van der Waals surface area contributed by atoms with Gasteiger partial charge in [-0.15, -0.1) is 0 Å². The van der Waals surface area contributed by atoms with Crippen LogP contribution in [0.3, 0.4) is 0 Å². The van der Waals surface area contributed by atoms with E-state index in [4.69, 9.17) is 0 Å². The summed E-state index contributed by atoms with van der Waals surface area (Å²) in [7, 11) is -3.90. The molecule has 1 saturated heterocycles. The molecule has 2 aromatic carbocycles. The minimum Gasteiger partial charge on any atom is -0.350 e. The molecule has 0 aromatic heterocycles. The first kappa shape index (κ1) is 26.6. The molecule has 35 heavy (non-hydrogen) atoms. The minimum atomic E-state index is -3.90. The summed E-state index contributed by atoms with van der Waals surface area (Å²) in [5.41, 5.74) is 2.53. The molecule has 3 rings (SSSR count). The lowest BCUT2D eigenvalue weighted by molar-refractivity contribution is -0.384.